The highest BCUT2D eigenvalue weighted by Crippen LogP contribution is 2.11. The molecule has 118 valence electrons. The summed E-state index contributed by atoms with van der Waals surface area (Å²) in [4.78, 5) is 0. The summed E-state index contributed by atoms with van der Waals surface area (Å²) >= 11 is 0. The average Bonchev–Trinajstić information content (AvgIpc) is 2.31. The van der Waals surface area contributed by atoms with Gasteiger partial charge in [-0.3, -0.25) is 0 Å². The number of nitrogens with zero attached hydrogens (tertiary/aromatic N) is 1. The molecule has 0 fully saturated rings. The van der Waals surface area contributed by atoms with Gasteiger partial charge < -0.3 is 33.6 Å². The number of halogens is 1. The quantitative estimate of drug-likeness (QED) is 0.285. The monoisotopic (exact) mass is 385 g/mol. The minimum atomic E-state index is 0. The van der Waals surface area contributed by atoms with Gasteiger partial charge in [0.05, 0.1) is 27.2 Å². The van der Waals surface area contributed by atoms with Gasteiger partial charge in [-0.2, -0.15) is 0 Å². The number of aliphatic hydroxyl groups excluding tert-OH is 1. The molecule has 0 spiro atoms. The Bertz CT molecular complexity index is 174. The Labute approximate surface area is 138 Å². The maximum atomic E-state index is 8.95. The molecule has 0 bridgehead atoms. The third-order valence-electron chi connectivity index (χ3n) is 3.82. The number of unbranched alkanes of at least 4 members (excludes halogenated alkanes) is 9. The highest BCUT2D eigenvalue weighted by atomic mass is 127. The minimum Gasteiger partial charge on any atom is -1.00 e. The van der Waals surface area contributed by atoms with E-state index in [1.807, 2.05) is 0 Å². The standard InChI is InChI=1S/C16H36NO.HI/c1-4-5-6-7-8-9-10-11-12-13-14-17(2,3)15-16-18;/h18H,4-16H2,1-3H3;1H/q+1;/p-1. The molecule has 19 heavy (non-hydrogen) atoms. The zero-order valence-electron chi connectivity index (χ0n) is 13.5. The van der Waals surface area contributed by atoms with Gasteiger partial charge in [-0.1, -0.05) is 58.3 Å². The van der Waals surface area contributed by atoms with Gasteiger partial charge in [0.25, 0.3) is 0 Å². The molecule has 2 nitrogen and oxygen atoms in total. The maximum Gasteiger partial charge on any atom is 0.102 e. The molecule has 3 heteroatoms. The molecule has 0 heterocycles. The summed E-state index contributed by atoms with van der Waals surface area (Å²) in [6.45, 7) is 4.68. The molecule has 0 aromatic heterocycles. The minimum absolute atomic E-state index is 0. The van der Waals surface area contributed by atoms with E-state index in [9.17, 15) is 0 Å². The van der Waals surface area contributed by atoms with Crippen LogP contribution < -0.4 is 24.0 Å². The predicted octanol–water partition coefficient (Wildman–Crippen LogP) is 0.980. The van der Waals surface area contributed by atoms with E-state index in [-0.39, 0.29) is 24.0 Å². The summed E-state index contributed by atoms with van der Waals surface area (Å²) < 4.78 is 0.966. The summed E-state index contributed by atoms with van der Waals surface area (Å²) in [7, 11) is 4.42. The van der Waals surface area contributed by atoms with E-state index in [1.165, 1.54) is 70.8 Å². The lowest BCUT2D eigenvalue weighted by molar-refractivity contribution is -0.890. The number of likely N-dealkylation sites (N-methyl/N-ethyl adjacent to an activating group) is 1. The molecule has 0 aliphatic heterocycles. The van der Waals surface area contributed by atoms with E-state index in [4.69, 9.17) is 5.11 Å². The molecular weight excluding hydrogens is 349 g/mol. The fourth-order valence-electron chi connectivity index (χ4n) is 2.41. The highest BCUT2D eigenvalue weighted by Gasteiger charge is 2.12. The van der Waals surface area contributed by atoms with Crippen LogP contribution in [0.5, 0.6) is 0 Å². The van der Waals surface area contributed by atoms with Gasteiger partial charge in [0.15, 0.2) is 0 Å². The number of rotatable bonds is 13. The smallest absolute Gasteiger partial charge is 0.102 e. The summed E-state index contributed by atoms with van der Waals surface area (Å²) in [5.41, 5.74) is 0. The molecular formula is C16H36INO. The summed E-state index contributed by atoms with van der Waals surface area (Å²) in [6.07, 6.45) is 14.0. The molecule has 0 saturated heterocycles. The molecule has 0 aromatic carbocycles. The number of quaternary nitrogens is 1. The predicted molar refractivity (Wildman–Crippen MR) is 80.8 cm³/mol. The third kappa shape index (κ3) is 16.6. The van der Waals surface area contributed by atoms with Crippen LogP contribution in [0.4, 0.5) is 0 Å². The van der Waals surface area contributed by atoms with E-state index < -0.39 is 0 Å². The first kappa shape index (κ1) is 21.9. The van der Waals surface area contributed by atoms with Crippen molar-refractivity contribution in [2.24, 2.45) is 0 Å². The van der Waals surface area contributed by atoms with E-state index >= 15 is 0 Å². The van der Waals surface area contributed by atoms with Crippen molar-refractivity contribution in [3.8, 4) is 0 Å². The van der Waals surface area contributed by atoms with Crippen LogP contribution in [-0.2, 0) is 0 Å². The Morgan fingerprint density at radius 3 is 1.53 bits per heavy atom. The van der Waals surface area contributed by atoms with Crippen LogP contribution >= 0.6 is 0 Å². The van der Waals surface area contributed by atoms with Gasteiger partial charge in [0.2, 0.25) is 0 Å². The van der Waals surface area contributed by atoms with E-state index in [1.54, 1.807) is 0 Å². The summed E-state index contributed by atoms with van der Waals surface area (Å²) in [5.74, 6) is 0. The second-order valence-corrected chi connectivity index (χ2v) is 6.29. The second kappa shape index (κ2) is 15.0. The van der Waals surface area contributed by atoms with Crippen molar-refractivity contribution in [1.29, 1.82) is 0 Å². The third-order valence-corrected chi connectivity index (χ3v) is 3.82. The fourth-order valence-corrected chi connectivity index (χ4v) is 2.41. The molecule has 0 aliphatic rings. The Hall–Kier alpha value is 0.650. The molecule has 0 saturated carbocycles. The van der Waals surface area contributed by atoms with Gasteiger partial charge in [-0.25, -0.2) is 0 Å². The van der Waals surface area contributed by atoms with Crippen LogP contribution in [0.15, 0.2) is 0 Å². The molecule has 1 N–H and O–H groups in total. The lowest BCUT2D eigenvalue weighted by Crippen LogP contribution is -3.00. The van der Waals surface area contributed by atoms with Crippen LogP contribution in [-0.4, -0.2) is 43.4 Å². The topological polar surface area (TPSA) is 20.2 Å². The molecule has 0 aliphatic carbocycles. The first-order chi connectivity index (χ1) is 8.62. The zero-order chi connectivity index (χ0) is 13.7. The zero-order valence-corrected chi connectivity index (χ0v) is 15.6. The molecule has 0 radical (unpaired) electrons. The Balaban J connectivity index is 0. The first-order valence-electron chi connectivity index (χ1n) is 8.05. The van der Waals surface area contributed by atoms with Crippen molar-refractivity contribution in [3.63, 3.8) is 0 Å². The molecule has 0 amide bonds. The largest absolute Gasteiger partial charge is 1.00 e. The SMILES string of the molecule is CCCCCCCCCCCC[N+](C)(C)CCO.[I-]. The Morgan fingerprint density at radius 2 is 1.11 bits per heavy atom. The molecule has 0 aromatic rings. The van der Waals surface area contributed by atoms with Crippen LogP contribution in [0.3, 0.4) is 0 Å². The molecule has 0 unspecified atom stereocenters. The number of hydrogen-bond acceptors (Lipinski definition) is 1. The number of hydrogen-bond donors (Lipinski definition) is 1. The second-order valence-electron chi connectivity index (χ2n) is 6.29. The Morgan fingerprint density at radius 1 is 0.684 bits per heavy atom. The normalized spacial score (nSPS) is 11.4. The summed E-state index contributed by atoms with van der Waals surface area (Å²) in [6, 6.07) is 0. The van der Waals surface area contributed by atoms with Gasteiger partial charge in [0.1, 0.15) is 6.54 Å². The van der Waals surface area contributed by atoms with E-state index in [0.29, 0.717) is 6.61 Å². The van der Waals surface area contributed by atoms with Gasteiger partial charge in [-0.05, 0) is 12.8 Å². The fraction of sp³-hybridized carbons (Fsp3) is 1.00. The van der Waals surface area contributed by atoms with Crippen molar-refractivity contribution in [2.75, 3.05) is 33.8 Å². The van der Waals surface area contributed by atoms with Gasteiger partial charge >= 0.3 is 0 Å². The van der Waals surface area contributed by atoms with Crippen LogP contribution in [0.2, 0.25) is 0 Å². The van der Waals surface area contributed by atoms with E-state index in [2.05, 4.69) is 21.0 Å². The average molecular weight is 385 g/mol. The van der Waals surface area contributed by atoms with Crippen molar-refractivity contribution in [3.05, 3.63) is 0 Å². The van der Waals surface area contributed by atoms with Crippen molar-refractivity contribution in [2.45, 2.75) is 71.1 Å². The maximum absolute atomic E-state index is 8.95. The lowest BCUT2D eigenvalue weighted by Gasteiger charge is -2.28. The van der Waals surface area contributed by atoms with Gasteiger partial charge in [-0.15, -0.1) is 0 Å². The molecule has 0 rings (SSSR count). The van der Waals surface area contributed by atoms with Crippen LogP contribution in [0, 0.1) is 0 Å². The lowest BCUT2D eigenvalue weighted by atomic mass is 10.1. The van der Waals surface area contributed by atoms with E-state index in [0.717, 1.165) is 11.0 Å². The van der Waals surface area contributed by atoms with Crippen LogP contribution in [0.1, 0.15) is 71.1 Å². The van der Waals surface area contributed by atoms with Crippen molar-refractivity contribution < 1.29 is 33.6 Å². The summed E-state index contributed by atoms with van der Waals surface area (Å²) in [5, 5.41) is 8.95. The number of aliphatic hydroxyl groups is 1. The Kier molecular flexibility index (Phi) is 17.4. The van der Waals surface area contributed by atoms with Gasteiger partial charge in [0, 0.05) is 0 Å². The first-order valence-corrected chi connectivity index (χ1v) is 8.05. The highest BCUT2D eigenvalue weighted by molar-refractivity contribution is 4.47. The van der Waals surface area contributed by atoms with Crippen molar-refractivity contribution in [1.82, 2.24) is 0 Å². The van der Waals surface area contributed by atoms with Crippen molar-refractivity contribution >= 4 is 0 Å². The van der Waals surface area contributed by atoms with Crippen LogP contribution in [0.25, 0.3) is 0 Å². The molecule has 0 atom stereocenters.